The van der Waals surface area contributed by atoms with Crippen LogP contribution in [0.3, 0.4) is 0 Å². The summed E-state index contributed by atoms with van der Waals surface area (Å²) in [5.74, 6) is 0.606. The highest BCUT2D eigenvalue weighted by molar-refractivity contribution is 5.74. The molecule has 0 aromatic heterocycles. The highest BCUT2D eigenvalue weighted by atomic mass is 16.2. The summed E-state index contributed by atoms with van der Waals surface area (Å²) in [6.07, 6.45) is 3.56. The number of carbonyl (C=O) groups excluding carboxylic acids is 1. The fraction of sp³-hybridized carbons (Fsp3) is 0.533. The molecule has 1 aromatic carbocycles. The van der Waals surface area contributed by atoms with Gasteiger partial charge in [-0.3, -0.25) is 0 Å². The molecule has 2 amide bonds. The van der Waals surface area contributed by atoms with E-state index in [1.54, 1.807) is 0 Å². The lowest BCUT2D eigenvalue weighted by Gasteiger charge is -2.17. The second-order valence-electron chi connectivity index (χ2n) is 5.33. The summed E-state index contributed by atoms with van der Waals surface area (Å²) in [6, 6.07) is 8.51. The van der Waals surface area contributed by atoms with E-state index in [1.165, 1.54) is 18.4 Å². The van der Waals surface area contributed by atoms with Crippen molar-refractivity contribution in [3.63, 3.8) is 0 Å². The fourth-order valence-electron chi connectivity index (χ4n) is 2.58. The van der Waals surface area contributed by atoms with Crippen molar-refractivity contribution in [1.82, 2.24) is 10.6 Å². The molecule has 3 heteroatoms. The third kappa shape index (κ3) is 3.49. The number of urea groups is 1. The van der Waals surface area contributed by atoms with Crippen LogP contribution in [-0.4, -0.2) is 12.1 Å². The Bertz CT molecular complexity index is 417. The summed E-state index contributed by atoms with van der Waals surface area (Å²) < 4.78 is 0. The van der Waals surface area contributed by atoms with Crippen molar-refractivity contribution in [2.45, 2.75) is 45.7 Å². The first-order chi connectivity index (χ1) is 8.65. The quantitative estimate of drug-likeness (QED) is 0.845. The molecule has 0 saturated heterocycles. The Balaban J connectivity index is 1.78. The number of carbonyl (C=O) groups is 1. The molecule has 18 heavy (non-hydrogen) atoms. The Morgan fingerprint density at radius 1 is 1.39 bits per heavy atom. The molecule has 2 unspecified atom stereocenters. The number of nitrogens with one attached hydrogen (secondary N) is 2. The zero-order valence-electron chi connectivity index (χ0n) is 11.2. The van der Waals surface area contributed by atoms with Crippen LogP contribution in [0.5, 0.6) is 0 Å². The van der Waals surface area contributed by atoms with Crippen molar-refractivity contribution in [2.24, 2.45) is 5.92 Å². The maximum atomic E-state index is 11.8. The second-order valence-corrected chi connectivity index (χ2v) is 5.33. The summed E-state index contributed by atoms with van der Waals surface area (Å²) in [5.41, 5.74) is 2.36. The van der Waals surface area contributed by atoms with Crippen molar-refractivity contribution in [3.8, 4) is 0 Å². The zero-order chi connectivity index (χ0) is 13.0. The van der Waals surface area contributed by atoms with Crippen molar-refractivity contribution >= 4 is 6.03 Å². The predicted octanol–water partition coefficient (Wildman–Crippen LogP) is 2.98. The fourth-order valence-corrected chi connectivity index (χ4v) is 2.58. The third-order valence-corrected chi connectivity index (χ3v) is 3.71. The monoisotopic (exact) mass is 246 g/mol. The standard InChI is InChI=1S/C15H22N2O/c1-11-5-3-7-13(9-11)10-16-15(18)17-14-8-4-6-12(14)2/h3,5,7,9,12,14H,4,6,8,10H2,1-2H3,(H2,16,17,18). The molecule has 1 saturated carbocycles. The van der Waals surface area contributed by atoms with Crippen LogP contribution in [-0.2, 0) is 6.54 Å². The Kier molecular flexibility index (Phi) is 4.24. The van der Waals surface area contributed by atoms with Gasteiger partial charge in [0.25, 0.3) is 0 Å². The number of hydrogen-bond donors (Lipinski definition) is 2. The summed E-state index contributed by atoms with van der Waals surface area (Å²) in [7, 11) is 0. The first-order valence-corrected chi connectivity index (χ1v) is 6.75. The third-order valence-electron chi connectivity index (χ3n) is 3.71. The van der Waals surface area contributed by atoms with E-state index >= 15 is 0 Å². The molecule has 0 spiro atoms. The molecule has 1 fully saturated rings. The summed E-state index contributed by atoms with van der Waals surface area (Å²) in [5, 5.41) is 5.99. The van der Waals surface area contributed by atoms with Gasteiger partial charge in [-0.25, -0.2) is 4.79 Å². The van der Waals surface area contributed by atoms with Crippen LogP contribution in [0.15, 0.2) is 24.3 Å². The molecule has 3 nitrogen and oxygen atoms in total. The Labute approximate surface area is 109 Å². The zero-order valence-corrected chi connectivity index (χ0v) is 11.2. The van der Waals surface area contributed by atoms with Crippen LogP contribution < -0.4 is 10.6 Å². The Morgan fingerprint density at radius 2 is 2.22 bits per heavy atom. The van der Waals surface area contributed by atoms with Gasteiger partial charge in [0, 0.05) is 12.6 Å². The molecule has 1 aliphatic carbocycles. The van der Waals surface area contributed by atoms with E-state index in [4.69, 9.17) is 0 Å². The SMILES string of the molecule is Cc1cccc(CNC(=O)NC2CCCC2C)c1. The van der Waals surface area contributed by atoms with Crippen LogP contribution in [0.1, 0.15) is 37.3 Å². The van der Waals surface area contributed by atoms with Gasteiger partial charge in [0.15, 0.2) is 0 Å². The van der Waals surface area contributed by atoms with Gasteiger partial charge in [-0.05, 0) is 31.2 Å². The average Bonchev–Trinajstić information content (AvgIpc) is 2.73. The molecule has 2 N–H and O–H groups in total. The number of rotatable bonds is 3. The minimum atomic E-state index is -0.0461. The van der Waals surface area contributed by atoms with Crippen LogP contribution in [0.4, 0.5) is 4.79 Å². The Morgan fingerprint density at radius 3 is 2.89 bits per heavy atom. The first-order valence-electron chi connectivity index (χ1n) is 6.75. The summed E-state index contributed by atoms with van der Waals surface area (Å²) >= 11 is 0. The summed E-state index contributed by atoms with van der Waals surface area (Å²) in [4.78, 5) is 11.8. The van der Waals surface area contributed by atoms with Crippen molar-refractivity contribution in [1.29, 1.82) is 0 Å². The van der Waals surface area contributed by atoms with E-state index < -0.39 is 0 Å². The normalized spacial score (nSPS) is 22.8. The lowest BCUT2D eigenvalue weighted by molar-refractivity contribution is 0.234. The highest BCUT2D eigenvalue weighted by Crippen LogP contribution is 2.24. The van der Waals surface area contributed by atoms with E-state index in [-0.39, 0.29) is 6.03 Å². The Hall–Kier alpha value is -1.51. The van der Waals surface area contributed by atoms with Crippen molar-refractivity contribution in [3.05, 3.63) is 35.4 Å². The number of benzene rings is 1. The minimum absolute atomic E-state index is 0.0461. The van der Waals surface area contributed by atoms with E-state index in [0.29, 0.717) is 18.5 Å². The molecular formula is C15H22N2O. The topological polar surface area (TPSA) is 41.1 Å². The maximum absolute atomic E-state index is 11.8. The molecule has 2 rings (SSSR count). The molecule has 2 atom stereocenters. The molecule has 0 heterocycles. The maximum Gasteiger partial charge on any atom is 0.315 e. The number of amides is 2. The highest BCUT2D eigenvalue weighted by Gasteiger charge is 2.24. The molecule has 98 valence electrons. The van der Waals surface area contributed by atoms with Gasteiger partial charge < -0.3 is 10.6 Å². The molecule has 1 aliphatic rings. The second kappa shape index (κ2) is 5.89. The predicted molar refractivity (Wildman–Crippen MR) is 73.4 cm³/mol. The van der Waals surface area contributed by atoms with Gasteiger partial charge in [0.2, 0.25) is 0 Å². The average molecular weight is 246 g/mol. The molecular weight excluding hydrogens is 224 g/mol. The van der Waals surface area contributed by atoms with E-state index in [9.17, 15) is 4.79 Å². The van der Waals surface area contributed by atoms with E-state index in [2.05, 4.69) is 36.6 Å². The number of hydrogen-bond acceptors (Lipinski definition) is 1. The smallest absolute Gasteiger partial charge is 0.315 e. The van der Waals surface area contributed by atoms with E-state index in [1.807, 2.05) is 12.1 Å². The summed E-state index contributed by atoms with van der Waals surface area (Å²) in [6.45, 7) is 4.86. The largest absolute Gasteiger partial charge is 0.335 e. The van der Waals surface area contributed by atoms with Crippen LogP contribution in [0, 0.1) is 12.8 Å². The van der Waals surface area contributed by atoms with Gasteiger partial charge in [0.1, 0.15) is 0 Å². The number of aryl methyl sites for hydroxylation is 1. The van der Waals surface area contributed by atoms with Crippen LogP contribution in [0.25, 0.3) is 0 Å². The van der Waals surface area contributed by atoms with Gasteiger partial charge >= 0.3 is 6.03 Å². The lowest BCUT2D eigenvalue weighted by atomic mass is 10.1. The lowest BCUT2D eigenvalue weighted by Crippen LogP contribution is -2.42. The van der Waals surface area contributed by atoms with Gasteiger partial charge in [0.05, 0.1) is 0 Å². The first kappa shape index (κ1) is 12.9. The molecule has 0 bridgehead atoms. The molecule has 1 aromatic rings. The van der Waals surface area contributed by atoms with Crippen LogP contribution >= 0.6 is 0 Å². The molecule has 0 radical (unpaired) electrons. The van der Waals surface area contributed by atoms with Gasteiger partial charge in [-0.15, -0.1) is 0 Å². The van der Waals surface area contributed by atoms with E-state index in [0.717, 1.165) is 12.0 Å². The molecule has 0 aliphatic heterocycles. The minimum Gasteiger partial charge on any atom is -0.335 e. The van der Waals surface area contributed by atoms with Crippen LogP contribution in [0.2, 0.25) is 0 Å². The van der Waals surface area contributed by atoms with Gasteiger partial charge in [-0.2, -0.15) is 0 Å². The van der Waals surface area contributed by atoms with Crippen molar-refractivity contribution < 1.29 is 4.79 Å². The van der Waals surface area contributed by atoms with Gasteiger partial charge in [-0.1, -0.05) is 43.2 Å². The van der Waals surface area contributed by atoms with Crippen molar-refractivity contribution in [2.75, 3.05) is 0 Å².